The molecule has 0 aliphatic carbocycles. The average molecular weight is 420 g/mol. The third kappa shape index (κ3) is 4.42. The van der Waals surface area contributed by atoms with Crippen molar-refractivity contribution in [3.05, 3.63) is 76.2 Å². The number of aromatic nitrogens is 3. The van der Waals surface area contributed by atoms with Crippen LogP contribution in [0.25, 0.3) is 5.69 Å². The van der Waals surface area contributed by atoms with Crippen LogP contribution in [-0.4, -0.2) is 42.9 Å². The Morgan fingerprint density at radius 1 is 1.26 bits per heavy atom. The zero-order valence-corrected chi connectivity index (χ0v) is 16.8. The molecule has 0 bridgehead atoms. The maximum atomic E-state index is 12.9. The Morgan fingerprint density at radius 2 is 2.03 bits per heavy atom. The van der Waals surface area contributed by atoms with Crippen LogP contribution in [0.1, 0.15) is 17.8 Å². The van der Waals surface area contributed by atoms with E-state index < -0.39 is 10.8 Å². The number of hydrogen-bond acceptors (Lipinski definition) is 6. The van der Waals surface area contributed by atoms with Crippen LogP contribution in [-0.2, 0) is 16.1 Å². The second-order valence-electron chi connectivity index (χ2n) is 7.34. The number of nitrogens with one attached hydrogen (secondary N) is 1. The zero-order chi connectivity index (χ0) is 22.0. The summed E-state index contributed by atoms with van der Waals surface area (Å²) in [5.41, 5.74) is 1.99. The second kappa shape index (κ2) is 8.34. The number of benzene rings is 1. The number of carbonyl (C=O) groups excluding carboxylic acids is 2. The van der Waals surface area contributed by atoms with Crippen LogP contribution in [0.15, 0.2) is 54.7 Å². The largest absolute Gasteiger partial charge is 0.336 e. The second-order valence-corrected chi connectivity index (χ2v) is 7.34. The standard InChI is InChI=1S/C21H20N6O4/c1-14-10-19(26(24-14)17-5-7-18(8-6-17)27(30)31)23-21(29)15-11-20(28)25(12-15)13-16-4-2-3-9-22-16/h2-10,15H,11-13H2,1H3,(H,23,29). The Kier molecular flexibility index (Phi) is 5.44. The van der Waals surface area contributed by atoms with Crippen LogP contribution < -0.4 is 5.32 Å². The van der Waals surface area contributed by atoms with E-state index in [2.05, 4.69) is 15.4 Å². The van der Waals surface area contributed by atoms with Crippen LogP contribution >= 0.6 is 0 Å². The van der Waals surface area contributed by atoms with Gasteiger partial charge in [0.05, 0.1) is 34.5 Å². The monoisotopic (exact) mass is 420 g/mol. The molecule has 1 aliphatic rings. The van der Waals surface area contributed by atoms with Gasteiger partial charge in [0.15, 0.2) is 0 Å². The molecule has 1 aliphatic heterocycles. The summed E-state index contributed by atoms with van der Waals surface area (Å²) in [4.78, 5) is 41.5. The fraction of sp³-hybridized carbons (Fsp3) is 0.238. The van der Waals surface area contributed by atoms with Crippen LogP contribution in [0.4, 0.5) is 11.5 Å². The number of nitro benzene ring substituents is 1. The summed E-state index contributed by atoms with van der Waals surface area (Å²) < 4.78 is 1.51. The van der Waals surface area contributed by atoms with E-state index >= 15 is 0 Å². The first-order valence-corrected chi connectivity index (χ1v) is 9.71. The van der Waals surface area contributed by atoms with Crippen LogP contribution in [0, 0.1) is 23.0 Å². The normalized spacial score (nSPS) is 15.8. The van der Waals surface area contributed by atoms with Gasteiger partial charge in [-0.05, 0) is 31.2 Å². The van der Waals surface area contributed by atoms with Crippen molar-refractivity contribution in [2.24, 2.45) is 5.92 Å². The predicted octanol–water partition coefficient (Wildman–Crippen LogP) is 2.47. The van der Waals surface area contributed by atoms with Crippen molar-refractivity contribution >= 4 is 23.3 Å². The van der Waals surface area contributed by atoms with E-state index in [9.17, 15) is 19.7 Å². The fourth-order valence-electron chi connectivity index (χ4n) is 3.52. The number of pyridine rings is 1. The van der Waals surface area contributed by atoms with Crippen molar-refractivity contribution in [1.29, 1.82) is 0 Å². The van der Waals surface area contributed by atoms with E-state index in [1.165, 1.54) is 16.8 Å². The minimum atomic E-state index is -0.489. The molecule has 1 saturated heterocycles. The third-order valence-corrected chi connectivity index (χ3v) is 5.05. The van der Waals surface area contributed by atoms with Gasteiger partial charge < -0.3 is 10.2 Å². The molecule has 1 fully saturated rings. The van der Waals surface area contributed by atoms with Gasteiger partial charge in [-0.25, -0.2) is 4.68 Å². The SMILES string of the molecule is Cc1cc(NC(=O)C2CC(=O)N(Cc3ccccn3)C2)n(-c2ccc([N+](=O)[O-])cc2)n1. The maximum absolute atomic E-state index is 12.9. The molecule has 0 spiro atoms. The van der Waals surface area contributed by atoms with E-state index in [-0.39, 0.29) is 23.9 Å². The van der Waals surface area contributed by atoms with Crippen LogP contribution in [0.2, 0.25) is 0 Å². The number of carbonyl (C=O) groups is 2. The third-order valence-electron chi connectivity index (χ3n) is 5.05. The van der Waals surface area contributed by atoms with E-state index in [1.807, 2.05) is 18.2 Å². The lowest BCUT2D eigenvalue weighted by atomic mass is 10.1. The van der Waals surface area contributed by atoms with Crippen LogP contribution in [0.5, 0.6) is 0 Å². The molecular formula is C21H20N6O4. The predicted molar refractivity (Wildman–Crippen MR) is 111 cm³/mol. The molecule has 3 heterocycles. The van der Waals surface area contributed by atoms with Gasteiger partial charge in [-0.2, -0.15) is 5.10 Å². The summed E-state index contributed by atoms with van der Waals surface area (Å²) in [6.45, 7) is 2.46. The summed E-state index contributed by atoms with van der Waals surface area (Å²) in [5, 5.41) is 18.1. The number of amides is 2. The molecule has 0 radical (unpaired) electrons. The number of anilines is 1. The first-order valence-electron chi connectivity index (χ1n) is 9.71. The van der Waals surface area contributed by atoms with Crippen molar-refractivity contribution in [3.63, 3.8) is 0 Å². The van der Waals surface area contributed by atoms with Gasteiger partial charge in [-0.3, -0.25) is 24.7 Å². The minimum absolute atomic E-state index is 0.0318. The molecule has 1 atom stereocenters. The van der Waals surface area contributed by atoms with Gasteiger partial charge in [0.2, 0.25) is 11.8 Å². The highest BCUT2D eigenvalue weighted by molar-refractivity contribution is 5.96. The van der Waals surface area contributed by atoms with E-state index in [0.29, 0.717) is 30.3 Å². The summed E-state index contributed by atoms with van der Waals surface area (Å²) in [6, 6.07) is 13.1. The molecule has 31 heavy (non-hydrogen) atoms. The molecule has 0 saturated carbocycles. The highest BCUT2D eigenvalue weighted by atomic mass is 16.6. The minimum Gasteiger partial charge on any atom is -0.336 e. The van der Waals surface area contributed by atoms with Crippen molar-refractivity contribution in [2.45, 2.75) is 19.9 Å². The van der Waals surface area contributed by atoms with E-state index in [0.717, 1.165) is 5.69 Å². The van der Waals surface area contributed by atoms with Gasteiger partial charge in [-0.1, -0.05) is 6.07 Å². The molecule has 2 aromatic heterocycles. The molecule has 1 aromatic carbocycles. The van der Waals surface area contributed by atoms with Gasteiger partial charge in [0.25, 0.3) is 5.69 Å². The molecule has 4 rings (SSSR count). The van der Waals surface area contributed by atoms with Crippen molar-refractivity contribution in [2.75, 3.05) is 11.9 Å². The Hall–Kier alpha value is -4.08. The molecule has 158 valence electrons. The van der Waals surface area contributed by atoms with Crippen molar-refractivity contribution in [3.8, 4) is 5.69 Å². The van der Waals surface area contributed by atoms with Crippen molar-refractivity contribution in [1.82, 2.24) is 19.7 Å². The lowest BCUT2D eigenvalue weighted by molar-refractivity contribution is -0.384. The number of hydrogen-bond donors (Lipinski definition) is 1. The average Bonchev–Trinajstić information content (AvgIpc) is 3.31. The number of aryl methyl sites for hydroxylation is 1. The number of nitrogens with zero attached hydrogens (tertiary/aromatic N) is 5. The quantitative estimate of drug-likeness (QED) is 0.483. The zero-order valence-electron chi connectivity index (χ0n) is 16.8. The number of rotatable bonds is 6. The summed E-state index contributed by atoms with van der Waals surface area (Å²) >= 11 is 0. The first-order chi connectivity index (χ1) is 14.9. The molecule has 2 amide bonds. The highest BCUT2D eigenvalue weighted by Gasteiger charge is 2.34. The van der Waals surface area contributed by atoms with Gasteiger partial charge in [0.1, 0.15) is 5.82 Å². The topological polar surface area (TPSA) is 123 Å². The summed E-state index contributed by atoms with van der Waals surface area (Å²) in [7, 11) is 0. The van der Waals surface area contributed by atoms with Gasteiger partial charge in [0, 0.05) is 37.4 Å². The fourth-order valence-corrected chi connectivity index (χ4v) is 3.52. The highest BCUT2D eigenvalue weighted by Crippen LogP contribution is 2.24. The Morgan fingerprint density at radius 3 is 2.71 bits per heavy atom. The maximum Gasteiger partial charge on any atom is 0.269 e. The smallest absolute Gasteiger partial charge is 0.269 e. The molecule has 10 nitrogen and oxygen atoms in total. The van der Waals surface area contributed by atoms with E-state index in [1.54, 1.807) is 36.2 Å². The lowest BCUT2D eigenvalue weighted by Gasteiger charge is -2.16. The number of nitro groups is 1. The van der Waals surface area contributed by atoms with Gasteiger partial charge in [-0.15, -0.1) is 0 Å². The molecule has 1 N–H and O–H groups in total. The molecule has 1 unspecified atom stereocenters. The lowest BCUT2D eigenvalue weighted by Crippen LogP contribution is -2.28. The number of non-ortho nitro benzene ring substituents is 1. The first kappa shape index (κ1) is 20.2. The Bertz CT molecular complexity index is 1130. The van der Waals surface area contributed by atoms with E-state index in [4.69, 9.17) is 0 Å². The molecule has 10 heteroatoms. The summed E-state index contributed by atoms with van der Waals surface area (Å²) in [6.07, 6.45) is 1.80. The van der Waals surface area contributed by atoms with Crippen LogP contribution in [0.3, 0.4) is 0 Å². The number of likely N-dealkylation sites (tertiary alicyclic amines) is 1. The Balaban J connectivity index is 1.47. The molecular weight excluding hydrogens is 400 g/mol. The summed E-state index contributed by atoms with van der Waals surface area (Å²) in [5.74, 6) is -0.422. The van der Waals surface area contributed by atoms with Crippen molar-refractivity contribution < 1.29 is 14.5 Å². The van der Waals surface area contributed by atoms with Gasteiger partial charge >= 0.3 is 0 Å². The molecule has 3 aromatic rings. The Labute approximate surface area is 177 Å².